The molecule has 3 aliphatic rings. The summed E-state index contributed by atoms with van der Waals surface area (Å²) in [6.07, 6.45) is 11.7. The van der Waals surface area contributed by atoms with Crippen molar-refractivity contribution in [2.24, 2.45) is 23.4 Å². The third kappa shape index (κ3) is 5.84. The van der Waals surface area contributed by atoms with Gasteiger partial charge in [0.2, 0.25) is 11.8 Å². The van der Waals surface area contributed by atoms with Gasteiger partial charge in [-0.1, -0.05) is 32.1 Å². The minimum absolute atomic E-state index is 0.0339. The molecule has 37 heavy (non-hydrogen) atoms. The van der Waals surface area contributed by atoms with E-state index in [1.807, 2.05) is 0 Å². The first-order valence-corrected chi connectivity index (χ1v) is 13.2. The van der Waals surface area contributed by atoms with Crippen molar-refractivity contribution in [2.75, 3.05) is 13.2 Å². The highest BCUT2D eigenvalue weighted by Crippen LogP contribution is 2.44. The molecule has 3 N–H and O–H groups in total. The van der Waals surface area contributed by atoms with Crippen LogP contribution in [-0.2, 0) is 21.4 Å². The van der Waals surface area contributed by atoms with Crippen LogP contribution in [0.2, 0.25) is 0 Å². The lowest BCUT2D eigenvalue weighted by atomic mass is 9.78. The van der Waals surface area contributed by atoms with Gasteiger partial charge in [-0.05, 0) is 57.4 Å². The van der Waals surface area contributed by atoms with Crippen LogP contribution in [0.25, 0.3) is 0 Å². The van der Waals surface area contributed by atoms with Gasteiger partial charge in [-0.15, -0.1) is 0 Å². The van der Waals surface area contributed by atoms with Gasteiger partial charge in [-0.3, -0.25) is 24.1 Å². The molecule has 1 spiro atoms. The highest BCUT2D eigenvalue weighted by molar-refractivity contribution is 5.97. The van der Waals surface area contributed by atoms with Gasteiger partial charge in [0.05, 0.1) is 16.8 Å². The third-order valence-electron chi connectivity index (χ3n) is 7.82. The van der Waals surface area contributed by atoms with E-state index in [1.165, 1.54) is 11.1 Å². The molecule has 1 aliphatic carbocycles. The summed E-state index contributed by atoms with van der Waals surface area (Å²) in [6.45, 7) is 6.44. The molecule has 1 atom stereocenters. The highest BCUT2D eigenvalue weighted by atomic mass is 16.5. The van der Waals surface area contributed by atoms with Gasteiger partial charge in [0.25, 0.3) is 5.91 Å². The fourth-order valence-corrected chi connectivity index (χ4v) is 5.75. The van der Waals surface area contributed by atoms with Crippen molar-refractivity contribution in [2.45, 2.75) is 70.8 Å². The number of ether oxygens (including phenoxy) is 1. The number of hydrogen-bond acceptors (Lipinski definition) is 6. The van der Waals surface area contributed by atoms with E-state index in [1.54, 1.807) is 32.3 Å². The maximum atomic E-state index is 13.6. The minimum Gasteiger partial charge on any atom is -0.381 e. The van der Waals surface area contributed by atoms with Crippen LogP contribution in [-0.4, -0.2) is 53.5 Å². The zero-order valence-electron chi connectivity index (χ0n) is 21.8. The van der Waals surface area contributed by atoms with E-state index in [9.17, 15) is 14.4 Å². The Morgan fingerprint density at radius 3 is 2.54 bits per heavy atom. The fourth-order valence-electron chi connectivity index (χ4n) is 5.75. The summed E-state index contributed by atoms with van der Waals surface area (Å²) in [6, 6.07) is 0.952. The number of allylic oxidation sites excluding steroid dienone is 2. The molecule has 4 rings (SSSR count). The summed E-state index contributed by atoms with van der Waals surface area (Å²) < 4.78 is 6.95. The molecule has 3 amide bonds. The highest BCUT2D eigenvalue weighted by Gasteiger charge is 2.49. The lowest BCUT2D eigenvalue weighted by Crippen LogP contribution is -2.51. The van der Waals surface area contributed by atoms with E-state index in [-0.39, 0.29) is 23.6 Å². The number of aryl methyl sites for hydroxylation is 1. The predicted octanol–water partition coefficient (Wildman–Crippen LogP) is 2.74. The van der Waals surface area contributed by atoms with Crippen LogP contribution in [0.15, 0.2) is 40.4 Å². The second-order valence-corrected chi connectivity index (χ2v) is 10.3. The maximum absolute atomic E-state index is 13.6. The van der Waals surface area contributed by atoms with E-state index in [2.05, 4.69) is 32.8 Å². The number of amides is 3. The quantitative estimate of drug-likeness (QED) is 0.486. The second-order valence-electron chi connectivity index (χ2n) is 10.3. The number of hydrogen-bond donors (Lipinski definition) is 3. The molecular weight excluding hydrogens is 472 g/mol. The summed E-state index contributed by atoms with van der Waals surface area (Å²) in [4.78, 5) is 43.7. The zero-order chi connectivity index (χ0) is 26.4. The molecule has 1 saturated heterocycles. The first kappa shape index (κ1) is 26.8. The van der Waals surface area contributed by atoms with Gasteiger partial charge in [0, 0.05) is 32.2 Å². The average Bonchev–Trinajstić information content (AvgIpc) is 3.38. The molecule has 2 fully saturated rings. The van der Waals surface area contributed by atoms with Gasteiger partial charge in [0.1, 0.15) is 11.7 Å². The van der Waals surface area contributed by atoms with E-state index in [0.717, 1.165) is 38.5 Å². The van der Waals surface area contributed by atoms with Gasteiger partial charge in [-0.2, -0.15) is 5.10 Å². The molecule has 10 nitrogen and oxygen atoms in total. The molecule has 1 aromatic rings. The summed E-state index contributed by atoms with van der Waals surface area (Å²) in [5, 5.41) is 13.0. The van der Waals surface area contributed by atoms with Gasteiger partial charge < -0.3 is 20.7 Å². The van der Waals surface area contributed by atoms with Crippen molar-refractivity contribution in [3.8, 4) is 0 Å². The Bertz CT molecular complexity index is 1090. The molecule has 0 bridgehead atoms. The van der Waals surface area contributed by atoms with Crippen LogP contribution in [0, 0.1) is 11.3 Å². The van der Waals surface area contributed by atoms with Crippen LogP contribution < -0.4 is 16.0 Å². The standard InChI is InChI=1S/C27H38N6O4/c1-18(17-20-23(28-2)27(26(36)31-20)12-15-37-16-13-27)30-25(35)22(19-9-7-5-4-6-8-10-19)32-24(34)21-11-14-29-33(21)3/h11,14,17,19,22H,2,4-10,12-13,15-16H2,1,3H3,(H,30,35)(H,31,36)(H,32,34)/b18-17+. The monoisotopic (exact) mass is 510 g/mol. The molecule has 2 aliphatic heterocycles. The van der Waals surface area contributed by atoms with Gasteiger partial charge >= 0.3 is 0 Å². The second kappa shape index (κ2) is 11.9. The maximum Gasteiger partial charge on any atom is 0.270 e. The smallest absolute Gasteiger partial charge is 0.270 e. The van der Waals surface area contributed by atoms with E-state index < -0.39 is 11.5 Å². The summed E-state index contributed by atoms with van der Waals surface area (Å²) in [7, 11) is 1.70. The van der Waals surface area contributed by atoms with Crippen LogP contribution in [0.4, 0.5) is 0 Å². The molecule has 3 heterocycles. The summed E-state index contributed by atoms with van der Waals surface area (Å²) in [5.41, 5.74) is 1.35. The molecule has 10 heteroatoms. The van der Waals surface area contributed by atoms with E-state index in [0.29, 0.717) is 48.8 Å². The predicted molar refractivity (Wildman–Crippen MR) is 139 cm³/mol. The SMILES string of the molecule is C=NC1=C(/C=C(\C)NC(=O)C(NC(=O)c2ccnn2C)C2CCCCCCC2)NC(=O)C12CCOCC2. The largest absolute Gasteiger partial charge is 0.381 e. The van der Waals surface area contributed by atoms with Crippen LogP contribution in [0.1, 0.15) is 75.2 Å². The van der Waals surface area contributed by atoms with E-state index >= 15 is 0 Å². The Hall–Kier alpha value is -3.27. The molecule has 1 unspecified atom stereocenters. The number of carbonyl (C=O) groups excluding carboxylic acids is 3. The van der Waals surface area contributed by atoms with Crippen molar-refractivity contribution in [3.63, 3.8) is 0 Å². The van der Waals surface area contributed by atoms with E-state index in [4.69, 9.17) is 4.74 Å². The number of carbonyl (C=O) groups is 3. The number of aromatic nitrogens is 2. The molecule has 0 radical (unpaired) electrons. The lowest BCUT2D eigenvalue weighted by Gasteiger charge is -2.31. The Balaban J connectivity index is 1.54. The van der Waals surface area contributed by atoms with Crippen LogP contribution in [0.5, 0.6) is 0 Å². The van der Waals surface area contributed by atoms with Gasteiger partial charge in [-0.25, -0.2) is 0 Å². The van der Waals surface area contributed by atoms with Crippen LogP contribution in [0.3, 0.4) is 0 Å². The van der Waals surface area contributed by atoms with Crippen LogP contribution >= 0.6 is 0 Å². The number of nitrogens with one attached hydrogen (secondary N) is 3. The Labute approximate surface area is 218 Å². The molecule has 1 aromatic heterocycles. The lowest BCUT2D eigenvalue weighted by molar-refractivity contribution is -0.131. The minimum atomic E-state index is -0.741. The average molecular weight is 511 g/mol. The molecule has 200 valence electrons. The van der Waals surface area contributed by atoms with Crippen molar-refractivity contribution >= 4 is 24.4 Å². The van der Waals surface area contributed by atoms with Gasteiger partial charge in [0.15, 0.2) is 0 Å². The van der Waals surface area contributed by atoms with Crippen molar-refractivity contribution in [1.29, 1.82) is 0 Å². The Morgan fingerprint density at radius 1 is 1.24 bits per heavy atom. The Morgan fingerprint density at radius 2 is 1.92 bits per heavy atom. The summed E-state index contributed by atoms with van der Waals surface area (Å²) >= 11 is 0. The van der Waals surface area contributed by atoms with Crippen molar-refractivity contribution in [3.05, 3.63) is 41.1 Å². The molecular formula is C27H38N6O4. The Kier molecular flexibility index (Phi) is 8.58. The number of aliphatic imine (C=N–C) groups is 1. The molecule has 1 saturated carbocycles. The number of nitrogens with zero attached hydrogens (tertiary/aromatic N) is 3. The normalized spacial score (nSPS) is 21.7. The zero-order valence-corrected chi connectivity index (χ0v) is 21.8. The summed E-state index contributed by atoms with van der Waals surface area (Å²) in [5.74, 6) is -0.672. The topological polar surface area (TPSA) is 127 Å². The third-order valence-corrected chi connectivity index (χ3v) is 7.82. The number of rotatable bonds is 7. The van der Waals surface area contributed by atoms with Crippen molar-refractivity contribution in [1.82, 2.24) is 25.7 Å². The van der Waals surface area contributed by atoms with Crippen molar-refractivity contribution < 1.29 is 19.1 Å². The first-order valence-electron chi connectivity index (χ1n) is 13.2. The first-order chi connectivity index (χ1) is 17.9. The fraction of sp³-hybridized carbons (Fsp3) is 0.593. The molecule has 0 aromatic carbocycles.